The third-order valence-corrected chi connectivity index (χ3v) is 3.50. The summed E-state index contributed by atoms with van der Waals surface area (Å²) < 4.78 is 0. The van der Waals surface area contributed by atoms with Crippen LogP contribution in [0.1, 0.15) is 19.8 Å². The highest BCUT2D eigenvalue weighted by molar-refractivity contribution is 5.70. The number of nitro benzene ring substituents is 1. The first-order valence-corrected chi connectivity index (χ1v) is 7.92. The van der Waals surface area contributed by atoms with Crippen molar-refractivity contribution in [1.82, 2.24) is 19.9 Å². The molecule has 26 heavy (non-hydrogen) atoms. The molecule has 0 radical (unpaired) electrons. The van der Waals surface area contributed by atoms with Crippen LogP contribution in [-0.4, -0.2) is 30.8 Å². The summed E-state index contributed by atoms with van der Waals surface area (Å²) in [5.41, 5.74) is 1.19. The standard InChI is InChI=1S/C17H15N5O4/c1-2-3-15(23)26-21-17(13-4-6-14(7-5-13)22(24)25)19-16(20-21)12-8-10-18-11-9-12/h4-11H,2-3H2,1H3. The van der Waals surface area contributed by atoms with Gasteiger partial charge in [-0.2, -0.15) is 0 Å². The van der Waals surface area contributed by atoms with Crippen molar-refractivity contribution in [2.75, 3.05) is 0 Å². The number of carbonyl (C=O) groups excluding carboxylic acids is 1. The zero-order chi connectivity index (χ0) is 18.5. The summed E-state index contributed by atoms with van der Waals surface area (Å²) in [5.74, 6) is 0.183. The van der Waals surface area contributed by atoms with Crippen LogP contribution in [0.3, 0.4) is 0 Å². The Hall–Kier alpha value is -3.62. The van der Waals surface area contributed by atoms with Crippen LogP contribution in [0.5, 0.6) is 0 Å². The van der Waals surface area contributed by atoms with Crippen molar-refractivity contribution in [2.24, 2.45) is 0 Å². The van der Waals surface area contributed by atoms with E-state index in [-0.39, 0.29) is 17.9 Å². The van der Waals surface area contributed by atoms with E-state index in [1.165, 1.54) is 24.3 Å². The number of hydrogen-bond donors (Lipinski definition) is 0. The van der Waals surface area contributed by atoms with Crippen molar-refractivity contribution in [3.8, 4) is 22.8 Å². The van der Waals surface area contributed by atoms with Gasteiger partial charge in [-0.25, -0.2) is 9.78 Å². The summed E-state index contributed by atoms with van der Waals surface area (Å²) >= 11 is 0. The van der Waals surface area contributed by atoms with Gasteiger partial charge in [0.25, 0.3) is 5.69 Å². The van der Waals surface area contributed by atoms with E-state index in [0.29, 0.717) is 23.4 Å². The predicted octanol–water partition coefficient (Wildman–Crippen LogP) is 2.67. The lowest BCUT2D eigenvalue weighted by Crippen LogP contribution is -2.21. The number of benzene rings is 1. The van der Waals surface area contributed by atoms with Gasteiger partial charge in [-0.1, -0.05) is 11.8 Å². The Bertz CT molecular complexity index is 922. The second-order valence-electron chi connectivity index (χ2n) is 5.39. The number of nitrogens with zero attached hydrogens (tertiary/aromatic N) is 5. The Kier molecular flexibility index (Phi) is 4.97. The van der Waals surface area contributed by atoms with Gasteiger partial charge in [0.2, 0.25) is 0 Å². The van der Waals surface area contributed by atoms with Crippen molar-refractivity contribution in [2.45, 2.75) is 19.8 Å². The van der Waals surface area contributed by atoms with Crippen LogP contribution in [0, 0.1) is 10.1 Å². The summed E-state index contributed by atoms with van der Waals surface area (Å²) in [6.45, 7) is 1.86. The van der Waals surface area contributed by atoms with E-state index < -0.39 is 10.9 Å². The summed E-state index contributed by atoms with van der Waals surface area (Å²) in [6, 6.07) is 9.23. The van der Waals surface area contributed by atoms with Crippen LogP contribution < -0.4 is 4.84 Å². The van der Waals surface area contributed by atoms with E-state index in [4.69, 9.17) is 4.84 Å². The van der Waals surface area contributed by atoms with Gasteiger partial charge in [-0.05, 0) is 30.7 Å². The molecule has 0 amide bonds. The molecule has 9 heteroatoms. The second-order valence-corrected chi connectivity index (χ2v) is 5.39. The van der Waals surface area contributed by atoms with Crippen molar-refractivity contribution in [3.63, 3.8) is 0 Å². The van der Waals surface area contributed by atoms with E-state index in [0.717, 1.165) is 4.85 Å². The quantitative estimate of drug-likeness (QED) is 0.494. The van der Waals surface area contributed by atoms with E-state index >= 15 is 0 Å². The van der Waals surface area contributed by atoms with Crippen LogP contribution in [0.25, 0.3) is 22.8 Å². The van der Waals surface area contributed by atoms with Gasteiger partial charge in [0.15, 0.2) is 11.6 Å². The third-order valence-electron chi connectivity index (χ3n) is 3.50. The maximum absolute atomic E-state index is 11.9. The lowest BCUT2D eigenvalue weighted by Gasteiger charge is -2.05. The number of pyridine rings is 1. The topological polar surface area (TPSA) is 113 Å². The number of rotatable bonds is 6. The molecule has 132 valence electrons. The van der Waals surface area contributed by atoms with Crippen molar-refractivity contribution >= 4 is 11.7 Å². The first-order chi connectivity index (χ1) is 12.6. The summed E-state index contributed by atoms with van der Waals surface area (Å²) in [5, 5.41) is 15.1. The minimum Gasteiger partial charge on any atom is -0.317 e. The van der Waals surface area contributed by atoms with E-state index in [2.05, 4.69) is 15.1 Å². The lowest BCUT2D eigenvalue weighted by atomic mass is 10.2. The third kappa shape index (κ3) is 3.72. The normalized spacial score (nSPS) is 10.5. The number of carbonyl (C=O) groups is 1. The first kappa shape index (κ1) is 17.2. The van der Waals surface area contributed by atoms with E-state index in [1.54, 1.807) is 24.5 Å². The Morgan fingerprint density at radius 3 is 2.46 bits per heavy atom. The highest BCUT2D eigenvalue weighted by Gasteiger charge is 2.18. The monoisotopic (exact) mass is 353 g/mol. The molecule has 0 N–H and O–H groups in total. The molecule has 0 atom stereocenters. The minimum absolute atomic E-state index is 0.0443. The SMILES string of the molecule is CCCC(=O)On1nc(-c2ccncc2)nc1-c1ccc([N+](=O)[O-])cc1. The number of aromatic nitrogens is 4. The fraction of sp³-hybridized carbons (Fsp3) is 0.176. The molecule has 0 bridgehead atoms. The molecule has 0 aliphatic carbocycles. The molecule has 0 unspecified atom stereocenters. The first-order valence-electron chi connectivity index (χ1n) is 7.92. The predicted molar refractivity (Wildman–Crippen MR) is 91.8 cm³/mol. The minimum atomic E-state index is -0.488. The summed E-state index contributed by atoms with van der Waals surface area (Å²) in [6.07, 6.45) is 4.08. The lowest BCUT2D eigenvalue weighted by molar-refractivity contribution is -0.384. The zero-order valence-corrected chi connectivity index (χ0v) is 13.9. The summed E-state index contributed by atoms with van der Waals surface area (Å²) in [4.78, 5) is 36.9. The van der Waals surface area contributed by atoms with Crippen molar-refractivity contribution in [1.29, 1.82) is 0 Å². The molecular formula is C17H15N5O4. The van der Waals surface area contributed by atoms with Gasteiger partial charge >= 0.3 is 5.97 Å². The molecule has 2 aromatic heterocycles. The Labute approximate surface area is 148 Å². The highest BCUT2D eigenvalue weighted by atomic mass is 16.7. The molecule has 0 aliphatic heterocycles. The van der Waals surface area contributed by atoms with E-state index in [9.17, 15) is 14.9 Å². The van der Waals surface area contributed by atoms with Gasteiger partial charge in [-0.15, -0.1) is 5.10 Å². The average Bonchev–Trinajstić information content (AvgIpc) is 3.06. The maximum Gasteiger partial charge on any atom is 0.335 e. The smallest absolute Gasteiger partial charge is 0.317 e. The Morgan fingerprint density at radius 1 is 1.15 bits per heavy atom. The molecule has 2 heterocycles. The molecule has 0 fully saturated rings. The fourth-order valence-electron chi connectivity index (χ4n) is 2.24. The van der Waals surface area contributed by atoms with Crippen LogP contribution in [0.4, 0.5) is 5.69 Å². The molecule has 0 saturated heterocycles. The molecule has 1 aromatic carbocycles. The number of non-ortho nitro benzene ring substituents is 1. The second kappa shape index (κ2) is 7.51. The molecule has 0 spiro atoms. The van der Waals surface area contributed by atoms with Gasteiger partial charge in [0.1, 0.15) is 0 Å². The molecular weight excluding hydrogens is 338 g/mol. The number of nitro groups is 1. The highest BCUT2D eigenvalue weighted by Crippen LogP contribution is 2.23. The molecule has 0 aliphatic rings. The van der Waals surface area contributed by atoms with Crippen molar-refractivity contribution in [3.05, 3.63) is 58.9 Å². The molecule has 0 saturated carbocycles. The Morgan fingerprint density at radius 2 is 1.85 bits per heavy atom. The number of hydrogen-bond acceptors (Lipinski definition) is 7. The van der Waals surface area contributed by atoms with Crippen LogP contribution in [0.2, 0.25) is 0 Å². The van der Waals surface area contributed by atoms with Gasteiger partial charge < -0.3 is 4.84 Å². The summed E-state index contributed by atoms with van der Waals surface area (Å²) in [7, 11) is 0. The van der Waals surface area contributed by atoms with Crippen LogP contribution >= 0.6 is 0 Å². The maximum atomic E-state index is 11.9. The fourth-order valence-corrected chi connectivity index (χ4v) is 2.24. The van der Waals surface area contributed by atoms with Crippen LogP contribution in [-0.2, 0) is 4.79 Å². The zero-order valence-electron chi connectivity index (χ0n) is 13.9. The van der Waals surface area contributed by atoms with Crippen LogP contribution in [0.15, 0.2) is 48.8 Å². The molecule has 9 nitrogen and oxygen atoms in total. The van der Waals surface area contributed by atoms with Crippen molar-refractivity contribution < 1.29 is 14.6 Å². The molecule has 3 aromatic rings. The van der Waals surface area contributed by atoms with E-state index in [1.807, 2.05) is 6.92 Å². The van der Waals surface area contributed by atoms with Gasteiger partial charge in [-0.3, -0.25) is 15.1 Å². The largest absolute Gasteiger partial charge is 0.335 e. The Balaban J connectivity index is 2.02. The average molecular weight is 353 g/mol. The molecule has 3 rings (SSSR count). The van der Waals surface area contributed by atoms with Gasteiger partial charge in [0, 0.05) is 42.1 Å². The van der Waals surface area contributed by atoms with Gasteiger partial charge in [0.05, 0.1) is 4.92 Å².